The Kier molecular flexibility index (Phi) is 3.81. The van der Waals surface area contributed by atoms with Crippen LogP contribution in [0.1, 0.15) is 32.6 Å². The highest BCUT2D eigenvalue weighted by atomic mass is 16.3. The van der Waals surface area contributed by atoms with Crippen molar-refractivity contribution in [2.45, 2.75) is 39.3 Å². The van der Waals surface area contributed by atoms with Crippen molar-refractivity contribution in [3.8, 4) is 0 Å². The summed E-state index contributed by atoms with van der Waals surface area (Å²) in [6.45, 7) is 0.717. The van der Waals surface area contributed by atoms with E-state index in [9.17, 15) is 9.90 Å². The number of ketones is 1. The molecule has 0 rings (SSSR count). The molecule has 0 aromatic rings. The van der Waals surface area contributed by atoms with Crippen molar-refractivity contribution in [3.05, 3.63) is 12.1 Å². The standard InChI is InChI=1S/C12H23NO2/c1-6-7-8-9(2)12(15)11(10(3)14)13(4)5/h6-7,9,11-12,15H,8H2,1-5H3/b7-6+/t9-,11-,12?/m1/s1/i1D3,6D. The molecular formula is C12H23NO2. The Labute approximate surface area is 98.4 Å². The van der Waals surface area contributed by atoms with E-state index in [0.29, 0.717) is 0 Å². The van der Waals surface area contributed by atoms with Crippen LogP contribution in [0.15, 0.2) is 12.1 Å². The van der Waals surface area contributed by atoms with Gasteiger partial charge in [-0.1, -0.05) is 19.1 Å². The summed E-state index contributed by atoms with van der Waals surface area (Å²) in [4.78, 5) is 13.1. The Bertz CT molecular complexity index is 339. The highest BCUT2D eigenvalue weighted by Crippen LogP contribution is 2.15. The van der Waals surface area contributed by atoms with Gasteiger partial charge in [0.25, 0.3) is 0 Å². The lowest BCUT2D eigenvalue weighted by Crippen LogP contribution is -2.47. The van der Waals surface area contributed by atoms with Crippen molar-refractivity contribution in [2.24, 2.45) is 5.92 Å². The zero-order valence-electron chi connectivity index (χ0n) is 13.8. The number of hydrogen-bond donors (Lipinski definition) is 1. The molecule has 3 nitrogen and oxygen atoms in total. The fraction of sp³-hybridized carbons (Fsp3) is 0.750. The van der Waals surface area contributed by atoms with Gasteiger partial charge in [-0.25, -0.2) is 0 Å². The van der Waals surface area contributed by atoms with Gasteiger partial charge in [0, 0.05) is 4.11 Å². The van der Waals surface area contributed by atoms with Gasteiger partial charge in [-0.05, 0) is 40.2 Å². The van der Waals surface area contributed by atoms with Crippen molar-refractivity contribution in [1.82, 2.24) is 4.90 Å². The van der Waals surface area contributed by atoms with E-state index in [1.165, 1.54) is 13.0 Å². The normalized spacial score (nSPS) is 23.5. The Morgan fingerprint density at radius 3 is 2.67 bits per heavy atom. The first kappa shape index (κ1) is 8.48. The summed E-state index contributed by atoms with van der Waals surface area (Å²) in [5.41, 5.74) is 0. The van der Waals surface area contributed by atoms with E-state index in [0.717, 1.165) is 0 Å². The zero-order valence-corrected chi connectivity index (χ0v) is 9.82. The fourth-order valence-electron chi connectivity index (χ4n) is 1.60. The molecule has 1 unspecified atom stereocenters. The molecule has 0 bridgehead atoms. The van der Waals surface area contributed by atoms with Crippen molar-refractivity contribution in [2.75, 3.05) is 14.1 Å². The molecular weight excluding hydrogens is 190 g/mol. The molecule has 0 aliphatic carbocycles. The quantitative estimate of drug-likeness (QED) is 0.685. The molecule has 0 fully saturated rings. The lowest BCUT2D eigenvalue weighted by Gasteiger charge is -2.30. The molecule has 0 aliphatic rings. The van der Waals surface area contributed by atoms with Gasteiger partial charge in [0.1, 0.15) is 5.78 Å². The van der Waals surface area contributed by atoms with E-state index >= 15 is 0 Å². The second-order valence-corrected chi connectivity index (χ2v) is 4.07. The van der Waals surface area contributed by atoms with Gasteiger partial charge in [-0.3, -0.25) is 9.69 Å². The van der Waals surface area contributed by atoms with Crippen LogP contribution in [0.4, 0.5) is 0 Å². The number of likely N-dealkylation sites (N-methyl/N-ethyl adjacent to an activating group) is 1. The van der Waals surface area contributed by atoms with E-state index in [1.54, 1.807) is 25.9 Å². The first-order valence-corrected chi connectivity index (χ1v) is 5.00. The molecule has 0 aromatic carbocycles. The second-order valence-electron chi connectivity index (χ2n) is 4.07. The maximum Gasteiger partial charge on any atom is 0.149 e. The van der Waals surface area contributed by atoms with Crippen molar-refractivity contribution in [1.29, 1.82) is 0 Å². The third kappa shape index (κ3) is 4.58. The molecule has 0 amide bonds. The maximum absolute atomic E-state index is 11.5. The Hall–Kier alpha value is -0.670. The van der Waals surface area contributed by atoms with Gasteiger partial charge < -0.3 is 5.11 Å². The third-order valence-corrected chi connectivity index (χ3v) is 2.47. The highest BCUT2D eigenvalue weighted by Gasteiger charge is 2.29. The summed E-state index contributed by atoms with van der Waals surface area (Å²) in [7, 11) is 3.41. The van der Waals surface area contributed by atoms with Crippen molar-refractivity contribution in [3.63, 3.8) is 0 Å². The van der Waals surface area contributed by atoms with Crippen LogP contribution in [0.25, 0.3) is 0 Å². The van der Waals surface area contributed by atoms with Gasteiger partial charge in [-0.15, -0.1) is 0 Å². The molecule has 0 heterocycles. The van der Waals surface area contributed by atoms with Gasteiger partial charge in [0.15, 0.2) is 0 Å². The SMILES string of the molecule is [2H]/C(=C\C[C@@H](C)C(O)[C@@H](C(C)=O)N(C)C)C([2H])([2H])[2H]. The van der Waals surface area contributed by atoms with Gasteiger partial charge in [0.05, 0.1) is 13.5 Å². The second kappa shape index (κ2) is 6.75. The number of Topliss-reactive ketones (excluding diaryl/α,β-unsaturated/α-hetero) is 1. The minimum absolute atomic E-state index is 0.143. The number of rotatable bonds is 6. The Morgan fingerprint density at radius 1 is 1.67 bits per heavy atom. The minimum atomic E-state index is -2.42. The van der Waals surface area contributed by atoms with E-state index in [4.69, 9.17) is 5.48 Å². The fourth-order valence-corrected chi connectivity index (χ4v) is 1.60. The summed E-state index contributed by atoms with van der Waals surface area (Å²) in [5, 5.41) is 10.1. The molecule has 15 heavy (non-hydrogen) atoms. The monoisotopic (exact) mass is 217 g/mol. The Morgan fingerprint density at radius 2 is 2.27 bits per heavy atom. The molecule has 3 atom stereocenters. The topological polar surface area (TPSA) is 40.5 Å². The van der Waals surface area contributed by atoms with Crippen LogP contribution in [0, 0.1) is 5.92 Å². The molecule has 3 heteroatoms. The third-order valence-electron chi connectivity index (χ3n) is 2.47. The molecule has 0 saturated heterocycles. The van der Waals surface area contributed by atoms with Crippen molar-refractivity contribution < 1.29 is 15.4 Å². The zero-order chi connectivity index (χ0) is 15.4. The van der Waals surface area contributed by atoms with Crippen LogP contribution in [-0.4, -0.2) is 42.0 Å². The number of allylic oxidation sites excluding steroid dienone is 2. The first-order chi connectivity index (χ1) is 8.48. The molecule has 88 valence electrons. The predicted molar refractivity (Wildman–Crippen MR) is 62.8 cm³/mol. The van der Waals surface area contributed by atoms with E-state index in [2.05, 4.69) is 0 Å². The van der Waals surface area contributed by atoms with Crippen LogP contribution in [-0.2, 0) is 4.79 Å². The van der Waals surface area contributed by atoms with E-state index < -0.39 is 25.0 Å². The minimum Gasteiger partial charge on any atom is -0.391 e. The smallest absolute Gasteiger partial charge is 0.149 e. The average molecular weight is 217 g/mol. The molecule has 0 spiro atoms. The first-order valence-electron chi connectivity index (χ1n) is 7.00. The molecule has 0 saturated carbocycles. The summed E-state index contributed by atoms with van der Waals surface area (Å²) in [5.74, 6) is -0.450. The number of hydrogen-bond acceptors (Lipinski definition) is 3. The van der Waals surface area contributed by atoms with E-state index in [-0.39, 0.29) is 18.1 Å². The number of carbonyl (C=O) groups excluding carboxylic acids is 1. The van der Waals surface area contributed by atoms with Crippen LogP contribution < -0.4 is 0 Å². The summed E-state index contributed by atoms with van der Waals surface area (Å²) in [6.07, 6.45) is 0.636. The highest BCUT2D eigenvalue weighted by molar-refractivity contribution is 5.82. The molecule has 1 N–H and O–H groups in total. The number of aliphatic hydroxyl groups excluding tert-OH is 1. The molecule has 0 aliphatic heterocycles. The maximum atomic E-state index is 11.5. The van der Waals surface area contributed by atoms with Gasteiger partial charge in [-0.2, -0.15) is 0 Å². The number of carbonyl (C=O) groups is 1. The van der Waals surface area contributed by atoms with Crippen LogP contribution in [0.3, 0.4) is 0 Å². The lowest BCUT2D eigenvalue weighted by atomic mass is 9.92. The largest absolute Gasteiger partial charge is 0.391 e. The summed E-state index contributed by atoms with van der Waals surface area (Å²) >= 11 is 0. The van der Waals surface area contributed by atoms with Crippen LogP contribution in [0.5, 0.6) is 0 Å². The predicted octanol–water partition coefficient (Wildman–Crippen LogP) is 1.47. The van der Waals surface area contributed by atoms with Crippen LogP contribution >= 0.6 is 0 Å². The summed E-state index contributed by atoms with van der Waals surface area (Å²) < 4.78 is 28.6. The number of nitrogens with zero attached hydrogens (tertiary/aromatic N) is 1. The van der Waals surface area contributed by atoms with Gasteiger partial charge in [0.2, 0.25) is 0 Å². The van der Waals surface area contributed by atoms with Crippen LogP contribution in [0.2, 0.25) is 0 Å². The average Bonchev–Trinajstić information content (AvgIpc) is 2.22. The van der Waals surface area contributed by atoms with Crippen molar-refractivity contribution >= 4 is 5.78 Å². The summed E-state index contributed by atoms with van der Waals surface area (Å²) in [6, 6.07) is -1.05. The lowest BCUT2D eigenvalue weighted by molar-refractivity contribution is -0.126. The van der Waals surface area contributed by atoms with Gasteiger partial charge >= 0.3 is 0 Å². The molecule has 0 aromatic heterocycles. The Balaban J connectivity index is 4.75. The molecule has 0 radical (unpaired) electrons. The number of aliphatic hydroxyl groups is 1. The van der Waals surface area contributed by atoms with E-state index in [1.807, 2.05) is 0 Å².